The molecule has 0 aliphatic carbocycles. The van der Waals surface area contributed by atoms with Gasteiger partial charge in [0, 0.05) is 15.8 Å². The molecule has 1 atom stereocenters. The van der Waals surface area contributed by atoms with E-state index in [4.69, 9.17) is 0 Å². The number of halogens is 2. The predicted molar refractivity (Wildman–Crippen MR) is 79.6 cm³/mol. The van der Waals surface area contributed by atoms with Crippen molar-refractivity contribution in [2.45, 2.75) is 19.4 Å². The van der Waals surface area contributed by atoms with Gasteiger partial charge in [-0.15, -0.1) is 11.3 Å². The van der Waals surface area contributed by atoms with Crippen molar-refractivity contribution >= 4 is 43.2 Å². The maximum Gasteiger partial charge on any atom is 0.0841 e. The van der Waals surface area contributed by atoms with Crippen LogP contribution in [0.5, 0.6) is 0 Å². The van der Waals surface area contributed by atoms with E-state index in [2.05, 4.69) is 31.9 Å². The summed E-state index contributed by atoms with van der Waals surface area (Å²) < 4.78 is 2.11. The van der Waals surface area contributed by atoms with Crippen LogP contribution in [0.3, 0.4) is 0 Å². The molecule has 1 aromatic heterocycles. The van der Waals surface area contributed by atoms with Crippen LogP contribution < -0.4 is 0 Å². The van der Waals surface area contributed by atoms with Gasteiger partial charge in [-0.1, -0.05) is 22.0 Å². The van der Waals surface area contributed by atoms with Gasteiger partial charge in [-0.2, -0.15) is 0 Å². The monoisotopic (exact) mass is 374 g/mol. The fraction of sp³-hybridized carbons (Fsp3) is 0.231. The lowest BCUT2D eigenvalue weighted by atomic mass is 10.0. The molecule has 1 unspecified atom stereocenters. The first-order valence-corrected chi connectivity index (χ1v) is 7.65. The standard InChI is InChI=1S/C13H12Br2OS/c1-8-2-3-9(14)6-11(8)12(16)7-10-4-5-13(15)17-10/h2-6,12,16H,7H2,1H3. The summed E-state index contributed by atoms with van der Waals surface area (Å²) in [7, 11) is 0. The molecule has 1 aromatic carbocycles. The van der Waals surface area contributed by atoms with Crippen molar-refractivity contribution < 1.29 is 5.11 Å². The van der Waals surface area contributed by atoms with Crippen LogP contribution in [0.25, 0.3) is 0 Å². The average Bonchev–Trinajstić information content (AvgIpc) is 2.67. The molecule has 0 aliphatic rings. The third kappa shape index (κ3) is 3.41. The molecule has 90 valence electrons. The molecular weight excluding hydrogens is 364 g/mol. The molecule has 0 bridgehead atoms. The first kappa shape index (κ1) is 13.3. The second-order valence-electron chi connectivity index (χ2n) is 3.93. The molecule has 2 rings (SSSR count). The number of aryl methyl sites for hydroxylation is 1. The van der Waals surface area contributed by atoms with Gasteiger partial charge in [-0.3, -0.25) is 0 Å². The summed E-state index contributed by atoms with van der Waals surface area (Å²) in [5.41, 5.74) is 2.11. The van der Waals surface area contributed by atoms with Crippen LogP contribution in [0, 0.1) is 6.92 Å². The molecule has 1 nitrogen and oxygen atoms in total. The number of aliphatic hydroxyl groups is 1. The predicted octanol–water partition coefficient (Wildman–Crippen LogP) is 4.86. The van der Waals surface area contributed by atoms with Gasteiger partial charge in [0.1, 0.15) is 0 Å². The van der Waals surface area contributed by atoms with E-state index < -0.39 is 6.10 Å². The van der Waals surface area contributed by atoms with Gasteiger partial charge >= 0.3 is 0 Å². The van der Waals surface area contributed by atoms with E-state index in [0.717, 1.165) is 19.4 Å². The van der Waals surface area contributed by atoms with Crippen molar-refractivity contribution in [3.05, 3.63) is 54.6 Å². The Kier molecular flexibility index (Phi) is 4.42. The minimum Gasteiger partial charge on any atom is -0.388 e. The van der Waals surface area contributed by atoms with E-state index in [9.17, 15) is 5.11 Å². The van der Waals surface area contributed by atoms with Crippen LogP contribution in [0.1, 0.15) is 22.1 Å². The van der Waals surface area contributed by atoms with Crippen molar-refractivity contribution in [3.63, 3.8) is 0 Å². The number of aliphatic hydroxyl groups excluding tert-OH is 1. The van der Waals surface area contributed by atoms with E-state index in [1.807, 2.05) is 37.3 Å². The molecule has 0 amide bonds. The number of hydrogen-bond acceptors (Lipinski definition) is 2. The zero-order chi connectivity index (χ0) is 12.4. The van der Waals surface area contributed by atoms with Crippen molar-refractivity contribution in [1.82, 2.24) is 0 Å². The second-order valence-corrected chi connectivity index (χ2v) is 7.39. The quantitative estimate of drug-likeness (QED) is 0.812. The normalized spacial score (nSPS) is 12.7. The van der Waals surface area contributed by atoms with Gasteiger partial charge in [0.2, 0.25) is 0 Å². The van der Waals surface area contributed by atoms with Gasteiger partial charge in [0.05, 0.1) is 9.89 Å². The van der Waals surface area contributed by atoms with Crippen LogP contribution in [-0.4, -0.2) is 5.11 Å². The second kappa shape index (κ2) is 5.65. The molecule has 1 heterocycles. The molecule has 0 saturated carbocycles. The SMILES string of the molecule is Cc1ccc(Br)cc1C(O)Cc1ccc(Br)s1. The highest BCUT2D eigenvalue weighted by Crippen LogP contribution is 2.29. The van der Waals surface area contributed by atoms with Gasteiger partial charge in [-0.05, 0) is 58.2 Å². The minimum atomic E-state index is -0.446. The Morgan fingerprint density at radius 2 is 2.00 bits per heavy atom. The highest BCUT2D eigenvalue weighted by molar-refractivity contribution is 9.11. The van der Waals surface area contributed by atoms with Gasteiger partial charge in [-0.25, -0.2) is 0 Å². The molecule has 4 heteroatoms. The molecule has 0 radical (unpaired) electrons. The van der Waals surface area contributed by atoms with E-state index in [1.165, 1.54) is 4.88 Å². The van der Waals surface area contributed by atoms with Crippen LogP contribution >= 0.6 is 43.2 Å². The number of rotatable bonds is 3. The fourth-order valence-electron chi connectivity index (χ4n) is 1.73. The molecule has 2 aromatic rings. The molecule has 1 N–H and O–H groups in total. The smallest absolute Gasteiger partial charge is 0.0841 e. The van der Waals surface area contributed by atoms with E-state index in [1.54, 1.807) is 11.3 Å². The first-order chi connectivity index (χ1) is 8.06. The third-order valence-electron chi connectivity index (χ3n) is 2.62. The van der Waals surface area contributed by atoms with Crippen molar-refractivity contribution in [3.8, 4) is 0 Å². The van der Waals surface area contributed by atoms with Gasteiger partial charge < -0.3 is 5.11 Å². The summed E-state index contributed by atoms with van der Waals surface area (Å²) in [4.78, 5) is 1.18. The summed E-state index contributed by atoms with van der Waals surface area (Å²) in [5, 5.41) is 10.3. The Hall–Kier alpha value is -0.160. The summed E-state index contributed by atoms with van der Waals surface area (Å²) in [6.07, 6.45) is 0.214. The molecule has 0 saturated heterocycles. The van der Waals surface area contributed by atoms with Crippen molar-refractivity contribution in [2.75, 3.05) is 0 Å². The zero-order valence-electron chi connectivity index (χ0n) is 9.28. The summed E-state index contributed by atoms with van der Waals surface area (Å²) in [6, 6.07) is 10.1. The fourth-order valence-corrected chi connectivity index (χ4v) is 3.63. The molecule has 0 fully saturated rings. The van der Waals surface area contributed by atoms with Crippen LogP contribution in [0.15, 0.2) is 38.6 Å². The Balaban J connectivity index is 2.19. The van der Waals surface area contributed by atoms with E-state index in [-0.39, 0.29) is 0 Å². The first-order valence-electron chi connectivity index (χ1n) is 5.24. The highest BCUT2D eigenvalue weighted by Gasteiger charge is 2.12. The molecule has 0 aliphatic heterocycles. The summed E-state index contributed by atoms with van der Waals surface area (Å²) in [5.74, 6) is 0. The maximum atomic E-state index is 10.3. The van der Waals surface area contributed by atoms with Crippen molar-refractivity contribution in [2.24, 2.45) is 0 Å². The lowest BCUT2D eigenvalue weighted by molar-refractivity contribution is 0.178. The Bertz CT molecular complexity index is 522. The maximum absolute atomic E-state index is 10.3. The zero-order valence-corrected chi connectivity index (χ0v) is 13.3. The average molecular weight is 376 g/mol. The van der Waals surface area contributed by atoms with Crippen LogP contribution in [0.2, 0.25) is 0 Å². The summed E-state index contributed by atoms with van der Waals surface area (Å²) >= 11 is 8.54. The highest BCUT2D eigenvalue weighted by atomic mass is 79.9. The Morgan fingerprint density at radius 3 is 2.65 bits per heavy atom. The van der Waals surface area contributed by atoms with Gasteiger partial charge in [0.25, 0.3) is 0 Å². The largest absolute Gasteiger partial charge is 0.388 e. The molecular formula is C13H12Br2OS. The van der Waals surface area contributed by atoms with E-state index >= 15 is 0 Å². The van der Waals surface area contributed by atoms with Crippen LogP contribution in [-0.2, 0) is 6.42 Å². The van der Waals surface area contributed by atoms with Gasteiger partial charge in [0.15, 0.2) is 0 Å². The minimum absolute atomic E-state index is 0.446. The lowest BCUT2D eigenvalue weighted by Crippen LogP contribution is -2.02. The number of hydrogen-bond donors (Lipinski definition) is 1. The number of benzene rings is 1. The number of thiophene rings is 1. The van der Waals surface area contributed by atoms with Crippen molar-refractivity contribution in [1.29, 1.82) is 0 Å². The lowest BCUT2D eigenvalue weighted by Gasteiger charge is -2.13. The Morgan fingerprint density at radius 1 is 1.24 bits per heavy atom. The molecule has 0 spiro atoms. The Labute approximate surface area is 122 Å². The third-order valence-corrected chi connectivity index (χ3v) is 4.76. The molecule has 17 heavy (non-hydrogen) atoms. The topological polar surface area (TPSA) is 20.2 Å². The van der Waals surface area contributed by atoms with E-state index in [0.29, 0.717) is 6.42 Å². The summed E-state index contributed by atoms with van der Waals surface area (Å²) in [6.45, 7) is 2.02. The van der Waals surface area contributed by atoms with Crippen LogP contribution in [0.4, 0.5) is 0 Å².